The van der Waals surface area contributed by atoms with Crippen LogP contribution < -0.4 is 5.32 Å². The third-order valence-corrected chi connectivity index (χ3v) is 3.84. The maximum atomic E-state index is 12.9. The topological polar surface area (TPSA) is 49.3 Å². The van der Waals surface area contributed by atoms with Crippen LogP contribution in [0.5, 0.6) is 0 Å². The van der Waals surface area contributed by atoms with E-state index in [4.69, 9.17) is 0 Å². The highest BCUT2D eigenvalue weighted by Gasteiger charge is 2.37. The Bertz CT molecular complexity index is 422. The minimum Gasteiger partial charge on any atom is -0.480 e. The smallest absolute Gasteiger partial charge is 0.329 e. The van der Waals surface area contributed by atoms with Crippen LogP contribution in [0.4, 0.5) is 10.1 Å². The number of aliphatic carboxylic acids is 1. The second kappa shape index (κ2) is 6.04. The number of anilines is 1. The normalized spacial score (nSPS) is 19.2. The van der Waals surface area contributed by atoms with Gasteiger partial charge in [-0.05, 0) is 37.1 Å². The number of benzene rings is 1. The van der Waals surface area contributed by atoms with Crippen molar-refractivity contribution in [1.29, 1.82) is 0 Å². The lowest BCUT2D eigenvalue weighted by atomic mass is 9.83. The molecule has 0 saturated heterocycles. The van der Waals surface area contributed by atoms with Gasteiger partial charge in [-0.2, -0.15) is 0 Å². The molecule has 0 spiro atoms. The van der Waals surface area contributed by atoms with E-state index < -0.39 is 11.5 Å². The van der Waals surface area contributed by atoms with E-state index in [1.54, 1.807) is 12.1 Å². The lowest BCUT2D eigenvalue weighted by molar-refractivity contribution is -0.143. The van der Waals surface area contributed by atoms with Gasteiger partial charge in [-0.15, -0.1) is 0 Å². The fourth-order valence-electron chi connectivity index (χ4n) is 2.71. The van der Waals surface area contributed by atoms with Crippen LogP contribution in [0, 0.1) is 5.82 Å². The van der Waals surface area contributed by atoms with Gasteiger partial charge in [-0.25, -0.2) is 9.18 Å². The zero-order valence-corrected chi connectivity index (χ0v) is 11.0. The first kappa shape index (κ1) is 13.8. The number of nitrogens with one attached hydrogen (secondary N) is 1. The van der Waals surface area contributed by atoms with Gasteiger partial charge >= 0.3 is 5.97 Å². The molecular weight excluding hydrogens is 245 g/mol. The Hall–Kier alpha value is -1.58. The highest BCUT2D eigenvalue weighted by atomic mass is 19.1. The Kier molecular flexibility index (Phi) is 4.40. The number of halogens is 1. The summed E-state index contributed by atoms with van der Waals surface area (Å²) >= 11 is 0. The monoisotopic (exact) mass is 265 g/mol. The van der Waals surface area contributed by atoms with Gasteiger partial charge in [0.25, 0.3) is 0 Å². The molecule has 0 unspecified atom stereocenters. The van der Waals surface area contributed by atoms with Crippen molar-refractivity contribution in [2.45, 2.75) is 50.5 Å². The van der Waals surface area contributed by atoms with Crippen molar-refractivity contribution in [1.82, 2.24) is 0 Å². The van der Waals surface area contributed by atoms with Crippen molar-refractivity contribution < 1.29 is 14.3 Å². The number of hydrogen-bond acceptors (Lipinski definition) is 2. The molecule has 104 valence electrons. The Morgan fingerprint density at radius 2 is 1.58 bits per heavy atom. The van der Waals surface area contributed by atoms with Crippen LogP contribution in [-0.2, 0) is 4.79 Å². The lowest BCUT2D eigenvalue weighted by Crippen LogP contribution is -2.46. The van der Waals surface area contributed by atoms with Gasteiger partial charge in [0, 0.05) is 5.69 Å². The molecule has 1 aromatic rings. The third-order valence-electron chi connectivity index (χ3n) is 3.84. The standard InChI is InChI=1S/C15H20FNO2/c16-12-6-8-13(9-7-12)17-15(14(18)19)10-4-2-1-3-5-11-15/h6-9,17H,1-5,10-11H2,(H,18,19). The first-order valence-corrected chi connectivity index (χ1v) is 6.90. The number of rotatable bonds is 3. The number of carbonyl (C=O) groups is 1. The van der Waals surface area contributed by atoms with E-state index in [0.717, 1.165) is 25.7 Å². The lowest BCUT2D eigenvalue weighted by Gasteiger charge is -2.33. The summed E-state index contributed by atoms with van der Waals surface area (Å²) in [7, 11) is 0. The van der Waals surface area contributed by atoms with Crippen molar-refractivity contribution in [3.05, 3.63) is 30.1 Å². The average molecular weight is 265 g/mol. The summed E-state index contributed by atoms with van der Waals surface area (Å²) < 4.78 is 12.9. The summed E-state index contributed by atoms with van der Waals surface area (Å²) in [6.45, 7) is 0. The van der Waals surface area contributed by atoms with Crippen LogP contribution in [0.15, 0.2) is 24.3 Å². The second-order valence-electron chi connectivity index (χ2n) is 5.29. The molecule has 1 aromatic carbocycles. The van der Waals surface area contributed by atoms with Gasteiger partial charge < -0.3 is 10.4 Å². The Labute approximate surface area is 112 Å². The molecule has 1 aliphatic carbocycles. The maximum Gasteiger partial charge on any atom is 0.329 e. The SMILES string of the molecule is O=C(O)C1(Nc2ccc(F)cc2)CCCCCCC1. The number of hydrogen-bond donors (Lipinski definition) is 2. The molecule has 2 rings (SSSR count). The predicted octanol–water partition coefficient (Wildman–Crippen LogP) is 3.81. The molecular formula is C15H20FNO2. The molecule has 2 N–H and O–H groups in total. The van der Waals surface area contributed by atoms with E-state index in [-0.39, 0.29) is 5.82 Å². The van der Waals surface area contributed by atoms with E-state index in [0.29, 0.717) is 18.5 Å². The minimum absolute atomic E-state index is 0.312. The van der Waals surface area contributed by atoms with E-state index in [9.17, 15) is 14.3 Å². The van der Waals surface area contributed by atoms with Crippen LogP contribution in [0.2, 0.25) is 0 Å². The van der Waals surface area contributed by atoms with Crippen LogP contribution >= 0.6 is 0 Å². The summed E-state index contributed by atoms with van der Waals surface area (Å²) in [5.41, 5.74) is -0.234. The van der Waals surface area contributed by atoms with Crippen molar-refractivity contribution in [2.75, 3.05) is 5.32 Å². The molecule has 4 heteroatoms. The Morgan fingerprint density at radius 3 is 2.11 bits per heavy atom. The predicted molar refractivity (Wildman–Crippen MR) is 72.7 cm³/mol. The van der Waals surface area contributed by atoms with E-state index in [1.165, 1.54) is 18.6 Å². The highest BCUT2D eigenvalue weighted by molar-refractivity contribution is 5.82. The van der Waals surface area contributed by atoms with Crippen molar-refractivity contribution >= 4 is 11.7 Å². The van der Waals surface area contributed by atoms with E-state index in [1.807, 2.05) is 0 Å². The van der Waals surface area contributed by atoms with Gasteiger partial charge in [0.1, 0.15) is 11.4 Å². The molecule has 19 heavy (non-hydrogen) atoms. The Balaban J connectivity index is 2.17. The van der Waals surface area contributed by atoms with Crippen LogP contribution in [-0.4, -0.2) is 16.6 Å². The molecule has 1 fully saturated rings. The molecule has 0 atom stereocenters. The van der Waals surface area contributed by atoms with Gasteiger partial charge in [0.2, 0.25) is 0 Å². The first-order chi connectivity index (χ1) is 9.12. The molecule has 0 bridgehead atoms. The van der Waals surface area contributed by atoms with Gasteiger partial charge in [0.05, 0.1) is 0 Å². The molecule has 1 aliphatic rings. The quantitative estimate of drug-likeness (QED) is 0.873. The summed E-state index contributed by atoms with van der Waals surface area (Å²) in [6.07, 6.45) is 6.44. The molecule has 0 radical (unpaired) electrons. The molecule has 0 aliphatic heterocycles. The summed E-state index contributed by atoms with van der Waals surface area (Å²) in [4.78, 5) is 11.7. The third kappa shape index (κ3) is 3.46. The zero-order valence-electron chi connectivity index (χ0n) is 11.0. The number of carboxylic acids is 1. The summed E-state index contributed by atoms with van der Waals surface area (Å²) in [5, 5.41) is 12.7. The van der Waals surface area contributed by atoms with E-state index in [2.05, 4.69) is 5.32 Å². The van der Waals surface area contributed by atoms with Gasteiger partial charge in [0.15, 0.2) is 0 Å². The maximum absolute atomic E-state index is 12.9. The van der Waals surface area contributed by atoms with Crippen molar-refractivity contribution in [2.24, 2.45) is 0 Å². The Morgan fingerprint density at radius 1 is 1.05 bits per heavy atom. The highest BCUT2D eigenvalue weighted by Crippen LogP contribution is 2.30. The molecule has 0 heterocycles. The second-order valence-corrected chi connectivity index (χ2v) is 5.29. The molecule has 0 amide bonds. The molecule has 0 aromatic heterocycles. The fourth-order valence-corrected chi connectivity index (χ4v) is 2.71. The van der Waals surface area contributed by atoms with Gasteiger partial charge in [-0.1, -0.05) is 32.1 Å². The van der Waals surface area contributed by atoms with Crippen LogP contribution in [0.25, 0.3) is 0 Å². The van der Waals surface area contributed by atoms with Crippen molar-refractivity contribution in [3.8, 4) is 0 Å². The first-order valence-electron chi connectivity index (χ1n) is 6.90. The molecule has 1 saturated carbocycles. The van der Waals surface area contributed by atoms with E-state index >= 15 is 0 Å². The number of carboxylic acid groups (broad SMARTS) is 1. The average Bonchev–Trinajstić information content (AvgIpc) is 2.35. The fraction of sp³-hybridized carbons (Fsp3) is 0.533. The molecule has 3 nitrogen and oxygen atoms in total. The summed E-state index contributed by atoms with van der Waals surface area (Å²) in [6, 6.07) is 5.89. The summed E-state index contributed by atoms with van der Waals surface area (Å²) in [5.74, 6) is -1.12. The van der Waals surface area contributed by atoms with Crippen LogP contribution in [0.3, 0.4) is 0 Å². The zero-order chi connectivity index (χ0) is 13.7. The van der Waals surface area contributed by atoms with Crippen LogP contribution in [0.1, 0.15) is 44.9 Å². The van der Waals surface area contributed by atoms with Gasteiger partial charge in [-0.3, -0.25) is 0 Å². The van der Waals surface area contributed by atoms with Crippen molar-refractivity contribution in [3.63, 3.8) is 0 Å². The largest absolute Gasteiger partial charge is 0.480 e. The minimum atomic E-state index is -0.905.